The Labute approximate surface area is 154 Å². The van der Waals surface area contributed by atoms with Crippen LogP contribution < -0.4 is 9.47 Å². The summed E-state index contributed by atoms with van der Waals surface area (Å²) in [7, 11) is 0. The Balaban J connectivity index is 1.35. The fourth-order valence-electron chi connectivity index (χ4n) is 4.03. The lowest BCUT2D eigenvalue weighted by atomic mass is 9.89. The van der Waals surface area contributed by atoms with E-state index < -0.39 is 11.7 Å². The van der Waals surface area contributed by atoms with E-state index in [9.17, 15) is 18.0 Å². The van der Waals surface area contributed by atoms with Gasteiger partial charge in [0.2, 0.25) is 5.88 Å². The lowest BCUT2D eigenvalue weighted by Crippen LogP contribution is -2.25. The van der Waals surface area contributed by atoms with Crippen molar-refractivity contribution in [2.75, 3.05) is 0 Å². The zero-order valence-electron chi connectivity index (χ0n) is 14.4. The highest BCUT2D eigenvalue weighted by atomic mass is 19.4. The molecule has 1 aromatic heterocycles. The molecule has 1 heterocycles. The minimum absolute atomic E-state index is 0.00368. The van der Waals surface area contributed by atoms with Gasteiger partial charge in [-0.25, -0.2) is 4.98 Å². The molecule has 3 unspecified atom stereocenters. The zero-order valence-corrected chi connectivity index (χ0v) is 14.4. The number of nitrogens with zero attached hydrogens (tertiary/aromatic N) is 1. The van der Waals surface area contributed by atoms with Gasteiger partial charge in [-0.1, -0.05) is 6.42 Å². The van der Waals surface area contributed by atoms with Crippen LogP contribution in [0.15, 0.2) is 42.6 Å². The van der Waals surface area contributed by atoms with Gasteiger partial charge in [-0.15, -0.1) is 0 Å². The highest BCUT2D eigenvalue weighted by Gasteiger charge is 2.44. The van der Waals surface area contributed by atoms with E-state index in [4.69, 9.17) is 9.47 Å². The van der Waals surface area contributed by atoms with Crippen LogP contribution in [0.2, 0.25) is 0 Å². The van der Waals surface area contributed by atoms with Crippen LogP contribution in [0.4, 0.5) is 13.2 Å². The van der Waals surface area contributed by atoms with Crippen LogP contribution in [0, 0.1) is 17.8 Å². The van der Waals surface area contributed by atoms with Gasteiger partial charge in [0, 0.05) is 12.3 Å². The van der Waals surface area contributed by atoms with Gasteiger partial charge in [0.15, 0.2) is 0 Å². The third-order valence-electron chi connectivity index (χ3n) is 5.37. The maximum Gasteiger partial charge on any atom is 0.417 e. The lowest BCUT2D eigenvalue weighted by Gasteiger charge is -2.19. The molecule has 0 radical (unpaired) electrons. The summed E-state index contributed by atoms with van der Waals surface area (Å²) in [5.41, 5.74) is -0.835. The predicted molar refractivity (Wildman–Crippen MR) is 90.3 cm³/mol. The third-order valence-corrected chi connectivity index (χ3v) is 5.37. The second-order valence-electron chi connectivity index (χ2n) is 7.16. The van der Waals surface area contributed by atoms with Crippen LogP contribution in [0.3, 0.4) is 0 Å². The number of hydrogen-bond acceptors (Lipinski definition) is 4. The molecule has 0 spiro atoms. The van der Waals surface area contributed by atoms with E-state index in [-0.39, 0.29) is 17.8 Å². The molecule has 1 aromatic carbocycles. The molecule has 2 bridgehead atoms. The number of hydrogen-bond donors (Lipinski definition) is 0. The van der Waals surface area contributed by atoms with Crippen molar-refractivity contribution in [2.24, 2.45) is 17.8 Å². The standard InChI is InChI=1S/C20H18F3NO3/c21-20(22,23)14-3-8-18(24-11-14)26-15-4-6-16(7-5-15)27-19(25)17-10-12-1-2-13(17)9-12/h3-8,11-13,17H,1-2,9-10H2. The van der Waals surface area contributed by atoms with Gasteiger partial charge in [-0.05, 0) is 61.4 Å². The summed E-state index contributed by atoms with van der Waals surface area (Å²) >= 11 is 0. The minimum Gasteiger partial charge on any atom is -0.439 e. The highest BCUT2D eigenvalue weighted by molar-refractivity contribution is 5.76. The molecular formula is C20H18F3NO3. The second-order valence-corrected chi connectivity index (χ2v) is 7.16. The normalized spacial score (nSPS) is 24.0. The number of benzene rings is 1. The SMILES string of the molecule is O=C(Oc1ccc(Oc2ccc(C(F)(F)F)cn2)cc1)C1CC2CCC1C2. The summed E-state index contributed by atoms with van der Waals surface area (Å²) in [6.07, 6.45) is 0.670. The van der Waals surface area contributed by atoms with E-state index in [1.165, 1.54) is 6.42 Å². The summed E-state index contributed by atoms with van der Waals surface area (Å²) in [4.78, 5) is 16.0. The molecule has 4 rings (SSSR count). The molecule has 142 valence electrons. The van der Waals surface area contributed by atoms with Gasteiger partial charge < -0.3 is 9.47 Å². The number of fused-ring (bicyclic) bond motifs is 2. The van der Waals surface area contributed by atoms with Gasteiger partial charge >= 0.3 is 12.1 Å². The molecule has 27 heavy (non-hydrogen) atoms. The first-order valence-corrected chi connectivity index (χ1v) is 8.91. The molecule has 0 saturated heterocycles. The van der Waals surface area contributed by atoms with Crippen LogP contribution >= 0.6 is 0 Å². The number of aromatic nitrogens is 1. The van der Waals surface area contributed by atoms with Crippen molar-refractivity contribution in [3.63, 3.8) is 0 Å². The molecule has 3 atom stereocenters. The van der Waals surface area contributed by atoms with E-state index >= 15 is 0 Å². The smallest absolute Gasteiger partial charge is 0.417 e. The fraction of sp³-hybridized carbons (Fsp3) is 0.400. The van der Waals surface area contributed by atoms with Crippen LogP contribution in [-0.4, -0.2) is 11.0 Å². The molecule has 0 amide bonds. The van der Waals surface area contributed by atoms with E-state index in [1.54, 1.807) is 24.3 Å². The molecule has 2 aliphatic rings. The Hall–Kier alpha value is -2.57. The molecule has 2 fully saturated rings. The maximum absolute atomic E-state index is 12.5. The Bertz CT molecular complexity index is 818. The minimum atomic E-state index is -4.43. The quantitative estimate of drug-likeness (QED) is 0.540. The van der Waals surface area contributed by atoms with Gasteiger partial charge in [0.05, 0.1) is 11.5 Å². The third kappa shape index (κ3) is 3.91. The molecule has 2 saturated carbocycles. The van der Waals surface area contributed by atoms with E-state index in [2.05, 4.69) is 4.98 Å². The summed E-state index contributed by atoms with van der Waals surface area (Å²) in [5.74, 6) is 1.80. The van der Waals surface area contributed by atoms with Crippen LogP contribution in [0.25, 0.3) is 0 Å². The summed E-state index contributed by atoms with van der Waals surface area (Å²) < 4.78 is 48.5. The first-order chi connectivity index (χ1) is 12.9. The predicted octanol–water partition coefficient (Wildman–Crippen LogP) is 5.23. The Kier molecular flexibility index (Phi) is 4.53. The van der Waals surface area contributed by atoms with Crippen LogP contribution in [0.1, 0.15) is 31.2 Å². The van der Waals surface area contributed by atoms with E-state index in [0.717, 1.165) is 37.6 Å². The van der Waals surface area contributed by atoms with E-state index in [0.29, 0.717) is 23.3 Å². The number of carbonyl (C=O) groups excluding carboxylic acids is 1. The van der Waals surface area contributed by atoms with Gasteiger partial charge in [0.25, 0.3) is 0 Å². The summed E-state index contributed by atoms with van der Waals surface area (Å²) in [6, 6.07) is 8.44. The molecule has 7 heteroatoms. The van der Waals surface area contributed by atoms with Crippen molar-refractivity contribution in [2.45, 2.75) is 31.9 Å². The number of ether oxygens (including phenoxy) is 2. The Morgan fingerprint density at radius 2 is 1.74 bits per heavy atom. The number of rotatable bonds is 4. The molecule has 0 aliphatic heterocycles. The zero-order chi connectivity index (χ0) is 19.0. The van der Waals surface area contributed by atoms with Gasteiger partial charge in [-0.3, -0.25) is 4.79 Å². The Morgan fingerprint density at radius 1 is 1.00 bits per heavy atom. The monoisotopic (exact) mass is 377 g/mol. The van der Waals surface area contributed by atoms with Crippen molar-refractivity contribution >= 4 is 5.97 Å². The van der Waals surface area contributed by atoms with Crippen molar-refractivity contribution in [1.82, 2.24) is 4.98 Å². The van der Waals surface area contributed by atoms with Gasteiger partial charge in [0.1, 0.15) is 11.5 Å². The fourth-order valence-corrected chi connectivity index (χ4v) is 4.03. The van der Waals surface area contributed by atoms with Crippen molar-refractivity contribution in [3.8, 4) is 17.4 Å². The summed E-state index contributed by atoms with van der Waals surface area (Å²) in [6.45, 7) is 0. The number of carbonyl (C=O) groups is 1. The molecule has 2 aliphatic carbocycles. The average molecular weight is 377 g/mol. The largest absolute Gasteiger partial charge is 0.439 e. The lowest BCUT2D eigenvalue weighted by molar-refractivity contribution is -0.140. The Morgan fingerprint density at radius 3 is 2.30 bits per heavy atom. The van der Waals surface area contributed by atoms with Crippen LogP contribution in [-0.2, 0) is 11.0 Å². The van der Waals surface area contributed by atoms with Crippen LogP contribution in [0.5, 0.6) is 17.4 Å². The van der Waals surface area contributed by atoms with Gasteiger partial charge in [-0.2, -0.15) is 13.2 Å². The van der Waals surface area contributed by atoms with E-state index in [1.807, 2.05) is 0 Å². The maximum atomic E-state index is 12.5. The number of halogens is 3. The van der Waals surface area contributed by atoms with Crippen molar-refractivity contribution < 1.29 is 27.4 Å². The number of esters is 1. The first-order valence-electron chi connectivity index (χ1n) is 8.91. The molecular weight excluding hydrogens is 359 g/mol. The average Bonchev–Trinajstić information content (AvgIpc) is 3.26. The molecule has 0 N–H and O–H groups in total. The van der Waals surface area contributed by atoms with Crippen molar-refractivity contribution in [3.05, 3.63) is 48.2 Å². The number of alkyl halides is 3. The molecule has 2 aromatic rings. The number of pyridine rings is 1. The highest BCUT2D eigenvalue weighted by Crippen LogP contribution is 2.48. The summed E-state index contributed by atoms with van der Waals surface area (Å²) in [5, 5.41) is 0. The van der Waals surface area contributed by atoms with Crippen molar-refractivity contribution in [1.29, 1.82) is 0 Å². The second kappa shape index (κ2) is 6.87. The molecule has 4 nitrogen and oxygen atoms in total. The topological polar surface area (TPSA) is 48.4 Å². The first kappa shape index (κ1) is 17.8.